The van der Waals surface area contributed by atoms with Crippen LogP contribution in [0.4, 0.5) is 0 Å². The normalized spacial score (nSPS) is 23.4. The lowest BCUT2D eigenvalue weighted by molar-refractivity contribution is -0.127. The van der Waals surface area contributed by atoms with Crippen molar-refractivity contribution in [1.29, 1.82) is 0 Å². The van der Waals surface area contributed by atoms with Crippen LogP contribution in [0.3, 0.4) is 0 Å². The van der Waals surface area contributed by atoms with Gasteiger partial charge < -0.3 is 15.1 Å². The van der Waals surface area contributed by atoms with Gasteiger partial charge in [0.05, 0.1) is 18.0 Å². The summed E-state index contributed by atoms with van der Waals surface area (Å²) in [6.07, 6.45) is -1.61. The van der Waals surface area contributed by atoms with Crippen LogP contribution >= 0.6 is 11.8 Å². The van der Waals surface area contributed by atoms with Crippen LogP contribution in [0.15, 0.2) is 29.2 Å². The van der Waals surface area contributed by atoms with Crippen LogP contribution < -0.4 is 0 Å². The molecule has 1 saturated heterocycles. The highest BCUT2D eigenvalue weighted by atomic mass is 32.2. The van der Waals surface area contributed by atoms with E-state index in [1.54, 1.807) is 0 Å². The van der Waals surface area contributed by atoms with Crippen molar-refractivity contribution >= 4 is 17.7 Å². The van der Waals surface area contributed by atoms with E-state index >= 15 is 0 Å². The Morgan fingerprint density at radius 3 is 2.39 bits per heavy atom. The average Bonchev–Trinajstić information content (AvgIpc) is 2.69. The van der Waals surface area contributed by atoms with Crippen LogP contribution in [0.1, 0.15) is 5.56 Å². The molecule has 0 aliphatic carbocycles. The van der Waals surface area contributed by atoms with Gasteiger partial charge >= 0.3 is 0 Å². The number of amides is 1. The second kappa shape index (κ2) is 5.73. The fourth-order valence-corrected chi connectivity index (χ4v) is 2.65. The molecule has 1 heterocycles. The maximum atomic E-state index is 11.9. The van der Waals surface area contributed by atoms with E-state index in [4.69, 9.17) is 0 Å². The van der Waals surface area contributed by atoms with Gasteiger partial charge in [-0.1, -0.05) is 17.7 Å². The lowest BCUT2D eigenvalue weighted by Crippen LogP contribution is -2.31. The lowest BCUT2D eigenvalue weighted by atomic mass is 10.2. The van der Waals surface area contributed by atoms with E-state index in [2.05, 4.69) is 0 Å². The Bertz CT molecular complexity index is 411. The van der Waals surface area contributed by atoms with Crippen molar-refractivity contribution in [2.24, 2.45) is 0 Å². The number of aryl methyl sites for hydroxylation is 1. The summed E-state index contributed by atoms with van der Waals surface area (Å²) >= 11 is 1.47. The molecule has 2 N–H and O–H groups in total. The zero-order valence-corrected chi connectivity index (χ0v) is 11.1. The number of hydrogen-bond donors (Lipinski definition) is 2. The predicted octanol–water partition coefficient (Wildman–Crippen LogP) is 0.651. The van der Waals surface area contributed by atoms with Gasteiger partial charge in [0, 0.05) is 18.0 Å². The highest BCUT2D eigenvalue weighted by molar-refractivity contribution is 8.00. The van der Waals surface area contributed by atoms with Crippen molar-refractivity contribution in [3.05, 3.63) is 29.8 Å². The van der Waals surface area contributed by atoms with Crippen molar-refractivity contribution in [1.82, 2.24) is 4.90 Å². The molecule has 0 aromatic heterocycles. The lowest BCUT2D eigenvalue weighted by Gasteiger charge is -2.14. The summed E-state index contributed by atoms with van der Waals surface area (Å²) < 4.78 is 0. The first-order valence-electron chi connectivity index (χ1n) is 5.89. The highest BCUT2D eigenvalue weighted by Gasteiger charge is 2.32. The van der Waals surface area contributed by atoms with Gasteiger partial charge in [0.2, 0.25) is 5.91 Å². The minimum Gasteiger partial charge on any atom is -0.388 e. The Kier molecular flexibility index (Phi) is 4.27. The molecule has 0 spiro atoms. The topological polar surface area (TPSA) is 60.8 Å². The van der Waals surface area contributed by atoms with Crippen molar-refractivity contribution in [3.63, 3.8) is 0 Å². The number of rotatable bonds is 3. The molecule has 1 aliphatic heterocycles. The van der Waals surface area contributed by atoms with Crippen LogP contribution in [-0.2, 0) is 4.79 Å². The summed E-state index contributed by atoms with van der Waals surface area (Å²) in [5.74, 6) is 0.291. The maximum Gasteiger partial charge on any atom is 0.233 e. The Morgan fingerprint density at radius 1 is 1.28 bits per heavy atom. The molecule has 0 bridgehead atoms. The molecule has 2 unspecified atom stereocenters. The predicted molar refractivity (Wildman–Crippen MR) is 70.5 cm³/mol. The van der Waals surface area contributed by atoms with Gasteiger partial charge in [-0.25, -0.2) is 0 Å². The molecule has 1 aliphatic rings. The number of carbonyl (C=O) groups is 1. The number of aliphatic hydroxyl groups is 2. The minimum absolute atomic E-state index is 0.0452. The molecule has 1 amide bonds. The van der Waals surface area contributed by atoms with Crippen molar-refractivity contribution < 1.29 is 15.0 Å². The first kappa shape index (κ1) is 13.4. The third kappa shape index (κ3) is 3.25. The molecule has 1 fully saturated rings. The van der Waals surface area contributed by atoms with Crippen molar-refractivity contribution in [2.45, 2.75) is 24.0 Å². The van der Waals surface area contributed by atoms with Crippen LogP contribution in [-0.4, -0.2) is 52.1 Å². The second-order valence-electron chi connectivity index (χ2n) is 4.54. The quantitative estimate of drug-likeness (QED) is 0.790. The van der Waals surface area contributed by atoms with Gasteiger partial charge in [-0.3, -0.25) is 4.79 Å². The van der Waals surface area contributed by atoms with Gasteiger partial charge in [0.15, 0.2) is 0 Å². The maximum absolute atomic E-state index is 11.9. The number of thioether (sulfide) groups is 1. The molecule has 98 valence electrons. The summed E-state index contributed by atoms with van der Waals surface area (Å²) in [6.45, 7) is 2.48. The Balaban J connectivity index is 1.83. The molecule has 0 radical (unpaired) electrons. The number of β-amino-alcohol motifs (C(OH)–C–C–N with tert-alkyl or cyclic N) is 2. The Morgan fingerprint density at radius 2 is 1.83 bits per heavy atom. The molecular formula is C13H17NO3S. The molecule has 1 aromatic rings. The van der Waals surface area contributed by atoms with Gasteiger partial charge in [0.25, 0.3) is 0 Å². The third-order valence-electron chi connectivity index (χ3n) is 3.00. The standard InChI is InChI=1S/C13H17NO3S/c1-9-2-4-10(5-3-9)18-8-13(17)14-6-11(15)12(16)7-14/h2-5,11-12,15-16H,6-8H2,1H3. The molecule has 1 aromatic carbocycles. The largest absolute Gasteiger partial charge is 0.388 e. The highest BCUT2D eigenvalue weighted by Crippen LogP contribution is 2.20. The number of benzene rings is 1. The molecule has 18 heavy (non-hydrogen) atoms. The first-order chi connectivity index (χ1) is 8.56. The Hall–Kier alpha value is -1.04. The van der Waals surface area contributed by atoms with Gasteiger partial charge in [-0.15, -0.1) is 11.8 Å². The summed E-state index contributed by atoms with van der Waals surface area (Å²) in [5, 5.41) is 18.8. The van der Waals surface area contributed by atoms with E-state index in [0.717, 1.165) is 4.90 Å². The number of hydrogen-bond acceptors (Lipinski definition) is 4. The summed E-state index contributed by atoms with van der Waals surface area (Å²) in [6, 6.07) is 7.99. The van der Waals surface area contributed by atoms with Gasteiger partial charge in [-0.05, 0) is 19.1 Å². The molecule has 2 rings (SSSR count). The summed E-state index contributed by atoms with van der Waals surface area (Å²) in [7, 11) is 0. The van der Waals surface area contributed by atoms with Crippen LogP contribution in [0, 0.1) is 6.92 Å². The first-order valence-corrected chi connectivity index (χ1v) is 6.88. The fraction of sp³-hybridized carbons (Fsp3) is 0.462. The van der Waals surface area contributed by atoms with Gasteiger partial charge in [0.1, 0.15) is 0 Å². The number of nitrogens with zero attached hydrogens (tertiary/aromatic N) is 1. The molecule has 4 nitrogen and oxygen atoms in total. The fourth-order valence-electron chi connectivity index (χ4n) is 1.84. The van der Waals surface area contributed by atoms with E-state index in [0.29, 0.717) is 5.75 Å². The second-order valence-corrected chi connectivity index (χ2v) is 5.58. The van der Waals surface area contributed by atoms with Gasteiger partial charge in [-0.2, -0.15) is 0 Å². The van der Waals surface area contributed by atoms with E-state index in [1.807, 2.05) is 31.2 Å². The van der Waals surface area contributed by atoms with E-state index in [9.17, 15) is 15.0 Å². The summed E-state index contributed by atoms with van der Waals surface area (Å²) in [4.78, 5) is 14.4. The zero-order valence-electron chi connectivity index (χ0n) is 10.2. The van der Waals surface area contributed by atoms with Crippen molar-refractivity contribution in [2.75, 3.05) is 18.8 Å². The van der Waals surface area contributed by atoms with Crippen LogP contribution in [0.2, 0.25) is 0 Å². The molecule has 0 saturated carbocycles. The van der Waals surface area contributed by atoms with Crippen LogP contribution in [0.25, 0.3) is 0 Å². The van der Waals surface area contributed by atoms with Crippen molar-refractivity contribution in [3.8, 4) is 0 Å². The minimum atomic E-state index is -0.807. The number of carbonyl (C=O) groups excluding carboxylic acids is 1. The molecule has 5 heteroatoms. The number of likely N-dealkylation sites (tertiary alicyclic amines) is 1. The average molecular weight is 267 g/mol. The monoisotopic (exact) mass is 267 g/mol. The third-order valence-corrected chi connectivity index (χ3v) is 3.99. The van der Waals surface area contributed by atoms with E-state index in [-0.39, 0.29) is 19.0 Å². The Labute approximate surface area is 111 Å². The zero-order chi connectivity index (χ0) is 13.1. The van der Waals surface area contributed by atoms with E-state index in [1.165, 1.54) is 22.2 Å². The van der Waals surface area contributed by atoms with E-state index < -0.39 is 12.2 Å². The molecule has 2 atom stereocenters. The molecular weight excluding hydrogens is 250 g/mol. The SMILES string of the molecule is Cc1ccc(SCC(=O)N2CC(O)C(O)C2)cc1. The summed E-state index contributed by atoms with van der Waals surface area (Å²) in [5.41, 5.74) is 1.19. The number of aliphatic hydroxyl groups excluding tert-OH is 2. The van der Waals surface area contributed by atoms with Crippen LogP contribution in [0.5, 0.6) is 0 Å². The smallest absolute Gasteiger partial charge is 0.233 e.